The highest BCUT2D eigenvalue weighted by Gasteiger charge is 2.31. The molecule has 34 heavy (non-hydrogen) atoms. The van der Waals surface area contributed by atoms with Gasteiger partial charge in [0.2, 0.25) is 0 Å². The van der Waals surface area contributed by atoms with Gasteiger partial charge in [0.1, 0.15) is 5.56 Å². The summed E-state index contributed by atoms with van der Waals surface area (Å²) in [7, 11) is 0. The summed E-state index contributed by atoms with van der Waals surface area (Å²) in [6.45, 7) is 1.59. The van der Waals surface area contributed by atoms with E-state index < -0.39 is 22.6 Å². The number of rotatable bonds is 5. The monoisotopic (exact) mass is 537 g/mol. The van der Waals surface area contributed by atoms with E-state index in [0.29, 0.717) is 10.2 Å². The quantitative estimate of drug-likeness (QED) is 0.327. The number of aromatic nitrogens is 2. The molecule has 2 heterocycles. The van der Waals surface area contributed by atoms with Crippen molar-refractivity contribution in [3.05, 3.63) is 74.4 Å². The number of carbonyl (C=O) groups is 1. The van der Waals surface area contributed by atoms with Crippen LogP contribution in [0.4, 0.5) is 30.4 Å². The summed E-state index contributed by atoms with van der Waals surface area (Å²) in [6.07, 6.45) is -0.0182. The highest BCUT2D eigenvalue weighted by molar-refractivity contribution is 9.10. The Balaban J connectivity index is 1.62. The third-order valence-electron chi connectivity index (χ3n) is 5.48. The van der Waals surface area contributed by atoms with Crippen molar-refractivity contribution < 1.29 is 22.9 Å². The van der Waals surface area contributed by atoms with Gasteiger partial charge >= 0.3 is 6.18 Å². The highest BCUT2D eigenvalue weighted by Crippen LogP contribution is 2.32. The first-order valence-corrected chi connectivity index (χ1v) is 11.2. The molecule has 12 heteroatoms. The summed E-state index contributed by atoms with van der Waals surface area (Å²) >= 11 is 3.24. The molecule has 0 saturated carbocycles. The Hall–Kier alpha value is -3.41. The van der Waals surface area contributed by atoms with Crippen LogP contribution in [0, 0.1) is 10.1 Å². The SMILES string of the molecule is O=C(Nc1nn(-c2cccc(C(F)(F)F)c2)cc1Br)c1cc(N2CCCCC2)ccc1[N+](=O)[O-]. The van der Waals surface area contributed by atoms with Crippen LogP contribution in [0.3, 0.4) is 0 Å². The van der Waals surface area contributed by atoms with E-state index in [4.69, 9.17) is 0 Å². The number of nitrogens with zero attached hydrogens (tertiary/aromatic N) is 4. The van der Waals surface area contributed by atoms with Crippen LogP contribution in [-0.4, -0.2) is 33.7 Å². The molecule has 8 nitrogen and oxygen atoms in total. The number of amides is 1. The van der Waals surface area contributed by atoms with Crippen molar-refractivity contribution in [1.29, 1.82) is 0 Å². The highest BCUT2D eigenvalue weighted by atomic mass is 79.9. The minimum Gasteiger partial charge on any atom is -0.372 e. The van der Waals surface area contributed by atoms with Gasteiger partial charge in [0, 0.05) is 31.0 Å². The van der Waals surface area contributed by atoms with E-state index in [0.717, 1.165) is 44.5 Å². The first kappa shape index (κ1) is 23.7. The van der Waals surface area contributed by atoms with Crippen LogP contribution in [-0.2, 0) is 6.18 Å². The number of hydrogen-bond acceptors (Lipinski definition) is 5. The summed E-state index contributed by atoms with van der Waals surface area (Å²) in [4.78, 5) is 26.0. The minimum atomic E-state index is -4.52. The number of benzene rings is 2. The summed E-state index contributed by atoms with van der Waals surface area (Å²) in [5.41, 5.74) is -0.481. The number of nitrogens with one attached hydrogen (secondary N) is 1. The predicted molar refractivity (Wildman–Crippen MR) is 123 cm³/mol. The molecule has 3 aromatic rings. The molecule has 1 fully saturated rings. The number of halogens is 4. The van der Waals surface area contributed by atoms with Crippen LogP contribution >= 0.6 is 15.9 Å². The first-order chi connectivity index (χ1) is 16.1. The van der Waals surface area contributed by atoms with Gasteiger partial charge in [-0.2, -0.15) is 13.2 Å². The molecule has 0 radical (unpaired) electrons. The standard InChI is InChI=1S/C22H19BrF3N5O3/c23-18-13-30(16-6-4-5-14(11-16)22(24,25)26)28-20(18)27-21(32)17-12-15(7-8-19(17)31(33)34)29-9-2-1-3-10-29/h4-8,11-13H,1-3,9-10H2,(H,27,28,32). The van der Waals surface area contributed by atoms with E-state index in [1.54, 1.807) is 6.07 Å². The molecule has 1 amide bonds. The second kappa shape index (κ2) is 9.45. The van der Waals surface area contributed by atoms with Crippen molar-refractivity contribution in [2.24, 2.45) is 0 Å². The molecule has 1 aromatic heterocycles. The van der Waals surface area contributed by atoms with E-state index >= 15 is 0 Å². The molecule has 178 valence electrons. The van der Waals surface area contributed by atoms with Crippen molar-refractivity contribution in [2.45, 2.75) is 25.4 Å². The van der Waals surface area contributed by atoms with Gasteiger partial charge in [-0.15, -0.1) is 5.10 Å². The Bertz CT molecular complexity index is 1240. The fraction of sp³-hybridized carbons (Fsp3) is 0.273. The second-order valence-electron chi connectivity index (χ2n) is 7.78. The van der Waals surface area contributed by atoms with Gasteiger partial charge in [-0.05, 0) is 65.5 Å². The molecule has 0 spiro atoms. The molecule has 0 atom stereocenters. The lowest BCUT2D eigenvalue weighted by molar-refractivity contribution is -0.385. The minimum absolute atomic E-state index is 0.0140. The van der Waals surface area contributed by atoms with Crippen molar-refractivity contribution in [2.75, 3.05) is 23.3 Å². The molecular weight excluding hydrogens is 519 g/mol. The number of anilines is 2. The number of piperidine rings is 1. The van der Waals surface area contributed by atoms with Crippen molar-refractivity contribution in [3.8, 4) is 5.69 Å². The lowest BCUT2D eigenvalue weighted by Crippen LogP contribution is -2.29. The van der Waals surface area contributed by atoms with Crippen molar-refractivity contribution >= 4 is 39.0 Å². The Morgan fingerprint density at radius 1 is 1.09 bits per heavy atom. The number of nitro benzene ring substituents is 1. The van der Waals surface area contributed by atoms with Crippen LogP contribution in [0.15, 0.2) is 53.1 Å². The number of alkyl halides is 3. The molecule has 1 N–H and O–H groups in total. The Labute approximate surface area is 200 Å². The van der Waals surface area contributed by atoms with Crippen LogP contribution in [0.5, 0.6) is 0 Å². The summed E-state index contributed by atoms with van der Waals surface area (Å²) in [6, 6.07) is 8.97. The fourth-order valence-electron chi connectivity index (χ4n) is 3.78. The molecular formula is C22H19BrF3N5O3. The molecule has 2 aromatic carbocycles. The van der Waals surface area contributed by atoms with Crippen molar-refractivity contribution in [1.82, 2.24) is 9.78 Å². The van der Waals surface area contributed by atoms with Crippen LogP contribution in [0.1, 0.15) is 35.2 Å². The number of carbonyl (C=O) groups excluding carboxylic acids is 1. The maximum atomic E-state index is 13.0. The molecule has 0 bridgehead atoms. The Morgan fingerprint density at radius 3 is 2.50 bits per heavy atom. The van der Waals surface area contributed by atoms with E-state index in [2.05, 4.69) is 31.2 Å². The van der Waals surface area contributed by atoms with Crippen LogP contribution < -0.4 is 10.2 Å². The average Bonchev–Trinajstić information content (AvgIpc) is 3.18. The van der Waals surface area contributed by atoms with Gasteiger partial charge in [-0.1, -0.05) is 6.07 Å². The average molecular weight is 538 g/mol. The van der Waals surface area contributed by atoms with Gasteiger partial charge in [0.25, 0.3) is 11.6 Å². The Morgan fingerprint density at radius 2 is 1.82 bits per heavy atom. The zero-order valence-electron chi connectivity index (χ0n) is 17.7. The molecule has 4 rings (SSSR count). The van der Waals surface area contributed by atoms with Gasteiger partial charge in [-0.25, -0.2) is 4.68 Å². The maximum absolute atomic E-state index is 13.0. The van der Waals surface area contributed by atoms with Gasteiger partial charge < -0.3 is 10.2 Å². The maximum Gasteiger partial charge on any atom is 0.416 e. The zero-order valence-corrected chi connectivity index (χ0v) is 19.3. The van der Waals surface area contributed by atoms with E-state index in [1.165, 1.54) is 35.1 Å². The fourth-order valence-corrected chi connectivity index (χ4v) is 4.16. The largest absolute Gasteiger partial charge is 0.416 e. The lowest BCUT2D eigenvalue weighted by atomic mass is 10.1. The first-order valence-electron chi connectivity index (χ1n) is 10.4. The smallest absolute Gasteiger partial charge is 0.372 e. The lowest BCUT2D eigenvalue weighted by Gasteiger charge is -2.29. The second-order valence-corrected chi connectivity index (χ2v) is 8.63. The summed E-state index contributed by atoms with van der Waals surface area (Å²) in [5, 5.41) is 18.2. The van der Waals surface area contributed by atoms with Gasteiger partial charge in [0.05, 0.1) is 20.6 Å². The Kier molecular flexibility index (Phi) is 6.60. The number of hydrogen-bond donors (Lipinski definition) is 1. The summed E-state index contributed by atoms with van der Waals surface area (Å²) < 4.78 is 40.6. The topological polar surface area (TPSA) is 93.3 Å². The van der Waals surface area contributed by atoms with Crippen LogP contribution in [0.25, 0.3) is 5.69 Å². The molecule has 0 aliphatic carbocycles. The van der Waals surface area contributed by atoms with Crippen molar-refractivity contribution in [3.63, 3.8) is 0 Å². The number of nitro groups is 1. The zero-order chi connectivity index (χ0) is 24.5. The van der Waals surface area contributed by atoms with Crippen LogP contribution in [0.2, 0.25) is 0 Å². The van der Waals surface area contributed by atoms with E-state index in [-0.39, 0.29) is 22.8 Å². The third-order valence-corrected chi connectivity index (χ3v) is 6.06. The predicted octanol–water partition coefficient (Wildman–Crippen LogP) is 5.80. The molecule has 1 aliphatic rings. The van der Waals surface area contributed by atoms with Gasteiger partial charge in [0.15, 0.2) is 5.82 Å². The van der Waals surface area contributed by atoms with Gasteiger partial charge in [-0.3, -0.25) is 14.9 Å². The summed E-state index contributed by atoms with van der Waals surface area (Å²) in [5.74, 6) is -0.736. The molecule has 1 saturated heterocycles. The molecule has 1 aliphatic heterocycles. The molecule has 0 unspecified atom stereocenters. The normalized spacial score (nSPS) is 14.2. The van der Waals surface area contributed by atoms with E-state index in [9.17, 15) is 28.1 Å². The van der Waals surface area contributed by atoms with E-state index in [1.807, 2.05) is 0 Å². The third kappa shape index (κ3) is 5.06.